The molecule has 0 fully saturated rings. The summed E-state index contributed by atoms with van der Waals surface area (Å²) in [6.45, 7) is 9.10. The fourth-order valence-electron chi connectivity index (χ4n) is 0.593. The van der Waals surface area contributed by atoms with Crippen LogP contribution in [-0.2, 0) is 22.9 Å². The normalized spacial score (nSPS) is 10.4. The van der Waals surface area contributed by atoms with Crippen LogP contribution >= 0.6 is 7.82 Å². The maximum atomic E-state index is 11.4. The summed E-state index contributed by atoms with van der Waals surface area (Å²) in [6, 6.07) is 0. The highest BCUT2D eigenvalue weighted by atomic mass is 31.2. The van der Waals surface area contributed by atoms with Gasteiger partial charge in [-0.25, -0.2) is 9.36 Å². The SMILES string of the molecule is C=C(C)C(=O)O.CCOP(=O)(OCC)OCCN. The van der Waals surface area contributed by atoms with E-state index in [9.17, 15) is 9.36 Å². The summed E-state index contributed by atoms with van der Waals surface area (Å²) < 4.78 is 26.0. The van der Waals surface area contributed by atoms with Crippen molar-refractivity contribution in [3.05, 3.63) is 12.2 Å². The van der Waals surface area contributed by atoms with Crippen LogP contribution in [0.15, 0.2) is 12.2 Å². The second-order valence-corrected chi connectivity index (χ2v) is 4.66. The number of rotatable bonds is 8. The highest BCUT2D eigenvalue weighted by Gasteiger charge is 2.24. The van der Waals surface area contributed by atoms with Gasteiger partial charge in [0.1, 0.15) is 0 Å². The van der Waals surface area contributed by atoms with E-state index in [0.717, 1.165) is 0 Å². The number of carboxylic acid groups (broad SMARTS) is 1. The number of phosphoric ester groups is 1. The minimum atomic E-state index is -3.32. The molecule has 0 aromatic heterocycles. The van der Waals surface area contributed by atoms with Crippen molar-refractivity contribution in [1.29, 1.82) is 0 Å². The summed E-state index contributed by atoms with van der Waals surface area (Å²) in [5, 5.41) is 7.89. The molecular weight excluding hydrogens is 261 g/mol. The second-order valence-electron chi connectivity index (χ2n) is 2.99. The quantitative estimate of drug-likeness (QED) is 0.516. The van der Waals surface area contributed by atoms with Crippen LogP contribution < -0.4 is 5.73 Å². The summed E-state index contributed by atoms with van der Waals surface area (Å²) >= 11 is 0. The van der Waals surface area contributed by atoms with Crippen molar-refractivity contribution < 1.29 is 28.0 Å². The molecule has 0 amide bonds. The Morgan fingerprint density at radius 3 is 1.89 bits per heavy atom. The molecule has 0 bridgehead atoms. The fourth-order valence-corrected chi connectivity index (χ4v) is 1.78. The van der Waals surface area contributed by atoms with E-state index in [1.807, 2.05) is 0 Å². The summed E-state index contributed by atoms with van der Waals surface area (Å²) in [6.07, 6.45) is 0. The molecule has 0 aromatic carbocycles. The molecule has 0 atom stereocenters. The Kier molecular flexibility index (Phi) is 12.4. The lowest BCUT2D eigenvalue weighted by Crippen LogP contribution is -2.09. The van der Waals surface area contributed by atoms with Crippen LogP contribution in [0.2, 0.25) is 0 Å². The third kappa shape index (κ3) is 11.8. The van der Waals surface area contributed by atoms with Crippen LogP contribution in [0.5, 0.6) is 0 Å². The van der Waals surface area contributed by atoms with E-state index in [1.165, 1.54) is 6.92 Å². The third-order valence-corrected chi connectivity index (χ3v) is 2.95. The minimum Gasteiger partial charge on any atom is -0.478 e. The maximum Gasteiger partial charge on any atom is 0.474 e. The van der Waals surface area contributed by atoms with Crippen molar-refractivity contribution >= 4 is 13.8 Å². The maximum absolute atomic E-state index is 11.4. The number of hydrogen-bond acceptors (Lipinski definition) is 6. The fraction of sp³-hybridized carbons (Fsp3) is 0.700. The molecule has 0 radical (unpaired) electrons. The molecule has 18 heavy (non-hydrogen) atoms. The van der Waals surface area contributed by atoms with Gasteiger partial charge in [-0.2, -0.15) is 0 Å². The Morgan fingerprint density at radius 1 is 1.28 bits per heavy atom. The third-order valence-electron chi connectivity index (χ3n) is 1.31. The average molecular weight is 283 g/mol. The Labute approximate surface area is 108 Å². The van der Waals surface area contributed by atoms with Crippen molar-refractivity contribution in [2.75, 3.05) is 26.4 Å². The predicted octanol–water partition coefficient (Wildman–Crippen LogP) is 1.79. The van der Waals surface area contributed by atoms with Crippen LogP contribution in [0.3, 0.4) is 0 Å². The molecule has 0 aliphatic rings. The van der Waals surface area contributed by atoms with Gasteiger partial charge in [-0.05, 0) is 20.8 Å². The molecule has 8 heteroatoms. The highest BCUT2D eigenvalue weighted by Crippen LogP contribution is 2.48. The first-order valence-electron chi connectivity index (χ1n) is 5.45. The molecule has 0 aliphatic heterocycles. The molecule has 3 N–H and O–H groups in total. The van der Waals surface area contributed by atoms with Crippen LogP contribution in [0, 0.1) is 0 Å². The Balaban J connectivity index is 0. The van der Waals surface area contributed by atoms with Gasteiger partial charge in [0.25, 0.3) is 0 Å². The Morgan fingerprint density at radius 2 is 1.67 bits per heavy atom. The van der Waals surface area contributed by atoms with Gasteiger partial charge in [-0.15, -0.1) is 0 Å². The van der Waals surface area contributed by atoms with E-state index in [0.29, 0.717) is 19.8 Å². The van der Waals surface area contributed by atoms with Crippen molar-refractivity contribution in [2.45, 2.75) is 20.8 Å². The lowest BCUT2D eigenvalue weighted by atomic mass is 10.4. The smallest absolute Gasteiger partial charge is 0.474 e. The van der Waals surface area contributed by atoms with Crippen molar-refractivity contribution in [1.82, 2.24) is 0 Å². The lowest BCUT2D eigenvalue weighted by molar-refractivity contribution is -0.132. The number of carbonyl (C=O) groups is 1. The minimum absolute atomic E-state index is 0.176. The first-order valence-corrected chi connectivity index (χ1v) is 6.91. The van der Waals surface area contributed by atoms with Gasteiger partial charge in [-0.3, -0.25) is 13.6 Å². The Bertz CT molecular complexity index is 272. The van der Waals surface area contributed by atoms with Crippen LogP contribution in [0.25, 0.3) is 0 Å². The van der Waals surface area contributed by atoms with E-state index >= 15 is 0 Å². The van der Waals surface area contributed by atoms with Gasteiger partial charge < -0.3 is 10.8 Å². The van der Waals surface area contributed by atoms with E-state index < -0.39 is 13.8 Å². The molecule has 0 rings (SSSR count). The standard InChI is InChI=1S/C6H16NO4P.C4H6O2/c1-3-9-12(8,10-4-2)11-6-5-7;1-3(2)4(5)6/h3-7H2,1-2H3;1H2,2H3,(H,5,6). The number of phosphoric acid groups is 1. The molecule has 0 aromatic rings. The second kappa shape index (κ2) is 11.4. The first kappa shape index (κ1) is 19.6. The largest absolute Gasteiger partial charge is 0.478 e. The molecule has 0 unspecified atom stereocenters. The van der Waals surface area contributed by atoms with Crippen LogP contribution in [0.1, 0.15) is 20.8 Å². The molecule has 0 heterocycles. The van der Waals surface area contributed by atoms with E-state index in [1.54, 1.807) is 13.8 Å². The number of carboxylic acids is 1. The number of aliphatic carboxylic acids is 1. The van der Waals surface area contributed by atoms with Gasteiger partial charge in [0.05, 0.1) is 19.8 Å². The van der Waals surface area contributed by atoms with Gasteiger partial charge in [0.15, 0.2) is 0 Å². The van der Waals surface area contributed by atoms with Crippen molar-refractivity contribution in [3.63, 3.8) is 0 Å². The number of nitrogens with two attached hydrogens (primary N) is 1. The van der Waals surface area contributed by atoms with Crippen LogP contribution in [-0.4, -0.2) is 37.4 Å². The summed E-state index contributed by atoms with van der Waals surface area (Å²) in [4.78, 5) is 9.60. The van der Waals surface area contributed by atoms with E-state index in [2.05, 4.69) is 6.58 Å². The van der Waals surface area contributed by atoms with Crippen molar-refractivity contribution in [2.24, 2.45) is 5.73 Å². The van der Waals surface area contributed by atoms with E-state index in [-0.39, 0.29) is 12.2 Å². The van der Waals surface area contributed by atoms with Crippen molar-refractivity contribution in [3.8, 4) is 0 Å². The van der Waals surface area contributed by atoms with E-state index in [4.69, 9.17) is 24.4 Å². The molecule has 0 saturated heterocycles. The highest BCUT2D eigenvalue weighted by molar-refractivity contribution is 7.48. The first-order chi connectivity index (χ1) is 8.32. The molecule has 0 spiro atoms. The molecular formula is C10H22NO6P. The van der Waals surface area contributed by atoms with Gasteiger partial charge >= 0.3 is 13.8 Å². The zero-order valence-electron chi connectivity index (χ0n) is 11.0. The topological polar surface area (TPSA) is 108 Å². The number of hydrogen-bond donors (Lipinski definition) is 2. The molecule has 7 nitrogen and oxygen atoms in total. The molecule has 0 aliphatic carbocycles. The molecule has 0 saturated carbocycles. The van der Waals surface area contributed by atoms with Crippen LogP contribution in [0.4, 0.5) is 0 Å². The monoisotopic (exact) mass is 283 g/mol. The lowest BCUT2D eigenvalue weighted by Gasteiger charge is -2.15. The summed E-state index contributed by atoms with van der Waals surface area (Å²) in [7, 11) is -3.32. The van der Waals surface area contributed by atoms with Gasteiger partial charge in [-0.1, -0.05) is 6.58 Å². The predicted molar refractivity (Wildman–Crippen MR) is 68.3 cm³/mol. The zero-order chi connectivity index (χ0) is 14.6. The zero-order valence-corrected chi connectivity index (χ0v) is 11.9. The summed E-state index contributed by atoms with van der Waals surface area (Å²) in [5.41, 5.74) is 5.35. The van der Waals surface area contributed by atoms with Gasteiger partial charge in [0, 0.05) is 12.1 Å². The summed E-state index contributed by atoms with van der Waals surface area (Å²) in [5.74, 6) is -0.935. The Hall–Kier alpha value is -0.720. The average Bonchev–Trinajstić information content (AvgIpc) is 2.28. The molecule has 108 valence electrons. The van der Waals surface area contributed by atoms with Gasteiger partial charge in [0.2, 0.25) is 0 Å².